The molecule has 98 valence electrons. The lowest BCUT2D eigenvalue weighted by Gasteiger charge is -1.99. The first kappa shape index (κ1) is 13.2. The maximum absolute atomic E-state index is 12.0. The molecule has 2 aromatic rings. The van der Waals surface area contributed by atoms with Crippen molar-refractivity contribution in [2.24, 2.45) is 12.0 Å². The van der Waals surface area contributed by atoms with Gasteiger partial charge in [-0.3, -0.25) is 14.9 Å². The van der Waals surface area contributed by atoms with Crippen LogP contribution in [0, 0.1) is 17.0 Å². The minimum atomic E-state index is -0.503. The Hall–Kier alpha value is -2.28. The van der Waals surface area contributed by atoms with Gasteiger partial charge in [-0.25, -0.2) is 0 Å². The molecule has 2 rings (SSSR count). The number of carbonyl (C=O) groups excluding carboxylic acids is 1. The second kappa shape index (κ2) is 5.15. The smallest absolute Gasteiger partial charge is 0.279 e. The normalized spacial score (nSPS) is 11.6. The lowest BCUT2D eigenvalue weighted by molar-refractivity contribution is -0.385. The summed E-state index contributed by atoms with van der Waals surface area (Å²) in [6.45, 7) is 1.63. The van der Waals surface area contributed by atoms with E-state index in [1.165, 1.54) is 17.4 Å². The van der Waals surface area contributed by atoms with E-state index < -0.39 is 10.8 Å². The number of benzene rings is 1. The summed E-state index contributed by atoms with van der Waals surface area (Å²) in [5.74, 6) is -0.485. The number of rotatable bonds is 2. The molecule has 6 nitrogen and oxygen atoms in total. The lowest BCUT2D eigenvalue weighted by atomic mass is 10.1. The minimum absolute atomic E-state index is 0.0726. The van der Waals surface area contributed by atoms with Gasteiger partial charge in [-0.15, -0.1) is 11.3 Å². The Morgan fingerprint density at radius 1 is 1.47 bits per heavy atom. The molecule has 0 saturated heterocycles. The van der Waals surface area contributed by atoms with E-state index in [9.17, 15) is 14.9 Å². The van der Waals surface area contributed by atoms with Crippen molar-refractivity contribution in [1.82, 2.24) is 4.57 Å². The molecule has 1 aromatic heterocycles. The zero-order valence-corrected chi connectivity index (χ0v) is 11.2. The first-order valence-electron chi connectivity index (χ1n) is 5.43. The van der Waals surface area contributed by atoms with Gasteiger partial charge in [0.25, 0.3) is 11.6 Å². The van der Waals surface area contributed by atoms with Crippen LogP contribution < -0.4 is 4.80 Å². The van der Waals surface area contributed by atoms with Gasteiger partial charge in [-0.2, -0.15) is 4.99 Å². The molecule has 0 aliphatic carbocycles. The van der Waals surface area contributed by atoms with Gasteiger partial charge in [0.2, 0.25) is 0 Å². The monoisotopic (exact) mass is 277 g/mol. The number of nitro benzene ring substituents is 1. The van der Waals surface area contributed by atoms with Gasteiger partial charge < -0.3 is 4.57 Å². The molecule has 0 atom stereocenters. The van der Waals surface area contributed by atoms with Crippen molar-refractivity contribution < 1.29 is 9.72 Å². The number of carbonyl (C=O) groups is 1. The Kier molecular flexibility index (Phi) is 3.57. The fourth-order valence-corrected chi connectivity index (χ4v) is 2.25. The van der Waals surface area contributed by atoms with Gasteiger partial charge in [0.05, 0.1) is 4.92 Å². The highest BCUT2D eigenvalue weighted by Crippen LogP contribution is 2.19. The fraction of sp³-hybridized carbons (Fsp3) is 0.167. The first-order chi connectivity index (χ1) is 8.99. The van der Waals surface area contributed by atoms with Crippen molar-refractivity contribution in [3.8, 4) is 0 Å². The van der Waals surface area contributed by atoms with Crippen LogP contribution in [0.3, 0.4) is 0 Å². The van der Waals surface area contributed by atoms with Crippen molar-refractivity contribution >= 4 is 22.9 Å². The third kappa shape index (κ3) is 2.76. The van der Waals surface area contributed by atoms with Gasteiger partial charge in [-0.05, 0) is 13.0 Å². The summed E-state index contributed by atoms with van der Waals surface area (Å²) < 4.78 is 1.71. The standard InChI is InChI=1S/C12H11N3O3S/c1-8-3-4-9(7-10(8)15(17)18)11(16)13-12-14(2)5-6-19-12/h3-7H,1-2H3. The SMILES string of the molecule is Cc1ccc(C(=O)N=c2sccn2C)cc1[N+](=O)[O-]. The van der Waals surface area contributed by atoms with Crippen LogP contribution in [0.15, 0.2) is 34.8 Å². The topological polar surface area (TPSA) is 77.5 Å². The summed E-state index contributed by atoms with van der Waals surface area (Å²) in [5.41, 5.74) is 0.658. The second-order valence-electron chi connectivity index (χ2n) is 3.97. The molecule has 0 spiro atoms. The highest BCUT2D eigenvalue weighted by atomic mass is 32.1. The number of hydrogen-bond acceptors (Lipinski definition) is 4. The van der Waals surface area contributed by atoms with Crippen molar-refractivity contribution in [3.05, 3.63) is 55.8 Å². The first-order valence-corrected chi connectivity index (χ1v) is 6.31. The van der Waals surface area contributed by atoms with Crippen LogP contribution in [0.4, 0.5) is 5.69 Å². The number of hydrogen-bond donors (Lipinski definition) is 0. The number of amides is 1. The average Bonchev–Trinajstić information content (AvgIpc) is 2.75. The molecule has 0 aliphatic heterocycles. The Morgan fingerprint density at radius 2 is 2.21 bits per heavy atom. The number of nitrogens with zero attached hydrogens (tertiary/aromatic N) is 3. The predicted octanol–water partition coefficient (Wildman–Crippen LogP) is 2.04. The van der Waals surface area contributed by atoms with Gasteiger partial charge in [0.15, 0.2) is 4.80 Å². The zero-order chi connectivity index (χ0) is 14.0. The molecule has 0 aliphatic rings. The van der Waals surface area contributed by atoms with E-state index in [0.29, 0.717) is 10.4 Å². The minimum Gasteiger partial charge on any atom is -0.327 e. The highest BCUT2D eigenvalue weighted by molar-refractivity contribution is 7.07. The summed E-state index contributed by atoms with van der Waals surface area (Å²) in [6, 6.07) is 4.35. The maximum Gasteiger partial charge on any atom is 0.279 e. The van der Waals surface area contributed by atoms with Crippen LogP contribution in [0.2, 0.25) is 0 Å². The summed E-state index contributed by atoms with van der Waals surface area (Å²) in [7, 11) is 1.78. The van der Waals surface area contributed by atoms with Crippen molar-refractivity contribution in [1.29, 1.82) is 0 Å². The van der Waals surface area contributed by atoms with E-state index in [0.717, 1.165) is 0 Å². The molecule has 0 unspecified atom stereocenters. The third-order valence-electron chi connectivity index (χ3n) is 2.61. The van der Waals surface area contributed by atoms with Gasteiger partial charge in [-0.1, -0.05) is 6.07 Å². The molecule has 0 saturated carbocycles. The van der Waals surface area contributed by atoms with Crippen LogP contribution in [-0.2, 0) is 7.05 Å². The fourth-order valence-electron chi connectivity index (χ4n) is 1.53. The van der Waals surface area contributed by atoms with Crippen LogP contribution in [0.25, 0.3) is 0 Å². The summed E-state index contributed by atoms with van der Waals surface area (Å²) in [4.78, 5) is 26.8. The summed E-state index contributed by atoms with van der Waals surface area (Å²) in [5, 5.41) is 12.6. The molecule has 7 heteroatoms. The zero-order valence-electron chi connectivity index (χ0n) is 10.4. The van der Waals surface area contributed by atoms with Crippen molar-refractivity contribution in [3.63, 3.8) is 0 Å². The van der Waals surface area contributed by atoms with E-state index in [1.807, 2.05) is 5.38 Å². The molecule has 0 radical (unpaired) electrons. The Labute approximate surface area is 112 Å². The van der Waals surface area contributed by atoms with E-state index in [1.54, 1.807) is 36.9 Å². The molecule has 1 aromatic carbocycles. The summed E-state index contributed by atoms with van der Waals surface area (Å²) in [6.07, 6.45) is 1.79. The number of aryl methyl sites for hydroxylation is 2. The Morgan fingerprint density at radius 3 is 2.79 bits per heavy atom. The number of thiazole rings is 1. The molecular weight excluding hydrogens is 266 g/mol. The second-order valence-corrected chi connectivity index (χ2v) is 4.84. The van der Waals surface area contributed by atoms with Gasteiger partial charge >= 0.3 is 0 Å². The molecule has 0 N–H and O–H groups in total. The molecular formula is C12H11N3O3S. The highest BCUT2D eigenvalue weighted by Gasteiger charge is 2.14. The maximum atomic E-state index is 12.0. The Balaban J connectivity index is 2.44. The Bertz CT molecular complexity index is 715. The number of nitro groups is 1. The predicted molar refractivity (Wildman–Crippen MR) is 71.0 cm³/mol. The lowest BCUT2D eigenvalue weighted by Crippen LogP contribution is -2.12. The van der Waals surface area contributed by atoms with Gasteiger partial charge in [0, 0.05) is 35.8 Å². The van der Waals surface area contributed by atoms with Crippen LogP contribution in [0.5, 0.6) is 0 Å². The summed E-state index contributed by atoms with van der Waals surface area (Å²) >= 11 is 1.33. The van der Waals surface area contributed by atoms with E-state index >= 15 is 0 Å². The molecule has 0 bridgehead atoms. The average molecular weight is 277 g/mol. The number of aromatic nitrogens is 1. The van der Waals surface area contributed by atoms with Crippen molar-refractivity contribution in [2.75, 3.05) is 0 Å². The van der Waals surface area contributed by atoms with Gasteiger partial charge in [0.1, 0.15) is 0 Å². The van der Waals surface area contributed by atoms with Crippen LogP contribution >= 0.6 is 11.3 Å². The molecule has 19 heavy (non-hydrogen) atoms. The van der Waals surface area contributed by atoms with E-state index in [2.05, 4.69) is 4.99 Å². The largest absolute Gasteiger partial charge is 0.327 e. The van der Waals surface area contributed by atoms with E-state index in [4.69, 9.17) is 0 Å². The third-order valence-corrected chi connectivity index (χ3v) is 3.46. The van der Waals surface area contributed by atoms with Crippen molar-refractivity contribution in [2.45, 2.75) is 6.92 Å². The quantitative estimate of drug-likeness (QED) is 0.622. The molecule has 1 heterocycles. The van der Waals surface area contributed by atoms with Crippen LogP contribution in [-0.4, -0.2) is 15.4 Å². The van der Waals surface area contributed by atoms with Crippen LogP contribution in [0.1, 0.15) is 15.9 Å². The van der Waals surface area contributed by atoms with E-state index in [-0.39, 0.29) is 11.3 Å². The molecule has 0 fully saturated rings. The molecule has 1 amide bonds.